The molecule has 0 atom stereocenters. The molecule has 0 saturated heterocycles. The Morgan fingerprint density at radius 3 is 2.52 bits per heavy atom. The molecule has 5 heteroatoms. The zero-order valence-electron chi connectivity index (χ0n) is 13.9. The zero-order valence-corrected chi connectivity index (χ0v) is 13.9. The molecule has 0 unspecified atom stereocenters. The molecular weight excluding hydrogens is 290 g/mol. The standard InChI is InChI=1S/C18H23N3O2/c1-4-5-12-21(2)15-8-11-17(19-13-15)20-18(22)14-6-9-16(23-3)10-7-14/h6-11,13H,4-5,12H2,1-3H3,(H,19,20,22). The number of nitrogens with one attached hydrogen (secondary N) is 1. The molecule has 0 aliphatic carbocycles. The Labute approximate surface area is 137 Å². The second-order valence-electron chi connectivity index (χ2n) is 5.36. The summed E-state index contributed by atoms with van der Waals surface area (Å²) in [6.07, 6.45) is 4.08. The number of anilines is 2. The minimum absolute atomic E-state index is 0.188. The molecule has 0 aliphatic rings. The van der Waals surface area contributed by atoms with E-state index in [9.17, 15) is 4.79 Å². The molecule has 0 bridgehead atoms. The van der Waals surface area contributed by atoms with Crippen LogP contribution in [0.2, 0.25) is 0 Å². The number of methoxy groups -OCH3 is 1. The number of nitrogens with zero attached hydrogens (tertiary/aromatic N) is 2. The van der Waals surface area contributed by atoms with Crippen LogP contribution in [-0.4, -0.2) is 31.6 Å². The van der Waals surface area contributed by atoms with Crippen molar-refractivity contribution in [1.82, 2.24) is 4.98 Å². The number of benzene rings is 1. The number of carbonyl (C=O) groups is 1. The first kappa shape index (κ1) is 16.8. The summed E-state index contributed by atoms with van der Waals surface area (Å²) >= 11 is 0. The lowest BCUT2D eigenvalue weighted by Gasteiger charge is -2.18. The molecule has 1 heterocycles. The van der Waals surface area contributed by atoms with Crippen LogP contribution in [0.5, 0.6) is 5.75 Å². The Bertz CT molecular complexity index is 624. The van der Waals surface area contributed by atoms with E-state index in [0.717, 1.165) is 30.8 Å². The highest BCUT2D eigenvalue weighted by molar-refractivity contribution is 6.03. The first-order valence-electron chi connectivity index (χ1n) is 7.76. The second kappa shape index (κ2) is 8.17. The van der Waals surface area contributed by atoms with Crippen molar-refractivity contribution in [1.29, 1.82) is 0 Å². The van der Waals surface area contributed by atoms with Gasteiger partial charge in [-0.3, -0.25) is 4.79 Å². The van der Waals surface area contributed by atoms with Crippen molar-refractivity contribution in [2.75, 3.05) is 30.9 Å². The van der Waals surface area contributed by atoms with E-state index in [2.05, 4.69) is 22.1 Å². The Hall–Kier alpha value is -2.56. The van der Waals surface area contributed by atoms with Crippen molar-refractivity contribution in [2.24, 2.45) is 0 Å². The van der Waals surface area contributed by atoms with Gasteiger partial charge in [0.1, 0.15) is 11.6 Å². The summed E-state index contributed by atoms with van der Waals surface area (Å²) in [7, 11) is 3.64. The smallest absolute Gasteiger partial charge is 0.256 e. The fourth-order valence-electron chi connectivity index (χ4n) is 2.14. The van der Waals surface area contributed by atoms with Crippen LogP contribution in [0.25, 0.3) is 0 Å². The van der Waals surface area contributed by atoms with Gasteiger partial charge in [0.15, 0.2) is 0 Å². The molecule has 0 spiro atoms. The molecule has 0 aliphatic heterocycles. The van der Waals surface area contributed by atoms with Crippen molar-refractivity contribution < 1.29 is 9.53 Å². The highest BCUT2D eigenvalue weighted by Crippen LogP contribution is 2.16. The van der Waals surface area contributed by atoms with Gasteiger partial charge in [-0.15, -0.1) is 0 Å². The van der Waals surface area contributed by atoms with Gasteiger partial charge in [0, 0.05) is 19.2 Å². The van der Waals surface area contributed by atoms with Gasteiger partial charge in [-0.2, -0.15) is 0 Å². The molecule has 122 valence electrons. The molecule has 5 nitrogen and oxygen atoms in total. The minimum Gasteiger partial charge on any atom is -0.497 e. The largest absolute Gasteiger partial charge is 0.497 e. The summed E-state index contributed by atoms with van der Waals surface area (Å²) in [4.78, 5) is 18.6. The summed E-state index contributed by atoms with van der Waals surface area (Å²) < 4.78 is 5.08. The van der Waals surface area contributed by atoms with Gasteiger partial charge in [-0.05, 0) is 42.8 Å². The Balaban J connectivity index is 1.98. The van der Waals surface area contributed by atoms with E-state index in [-0.39, 0.29) is 5.91 Å². The fourth-order valence-corrected chi connectivity index (χ4v) is 2.14. The molecule has 0 radical (unpaired) electrons. The van der Waals surface area contributed by atoms with Crippen molar-refractivity contribution in [3.63, 3.8) is 0 Å². The van der Waals surface area contributed by atoms with Crippen LogP contribution in [-0.2, 0) is 0 Å². The molecule has 0 saturated carbocycles. The van der Waals surface area contributed by atoms with E-state index in [0.29, 0.717) is 11.4 Å². The van der Waals surface area contributed by atoms with Crippen molar-refractivity contribution in [3.05, 3.63) is 48.2 Å². The number of amides is 1. The fraction of sp³-hybridized carbons (Fsp3) is 0.333. The SMILES string of the molecule is CCCCN(C)c1ccc(NC(=O)c2ccc(OC)cc2)nc1. The van der Waals surface area contributed by atoms with Crippen LogP contribution < -0.4 is 15.0 Å². The number of rotatable bonds is 7. The van der Waals surface area contributed by atoms with E-state index in [1.165, 1.54) is 0 Å². The molecule has 1 amide bonds. The van der Waals surface area contributed by atoms with E-state index >= 15 is 0 Å². The highest BCUT2D eigenvalue weighted by atomic mass is 16.5. The number of hydrogen-bond acceptors (Lipinski definition) is 4. The van der Waals surface area contributed by atoms with Gasteiger partial charge < -0.3 is 15.0 Å². The maximum Gasteiger partial charge on any atom is 0.256 e. The molecule has 2 rings (SSSR count). The number of aromatic nitrogens is 1. The molecule has 23 heavy (non-hydrogen) atoms. The van der Waals surface area contributed by atoms with Gasteiger partial charge in [-0.25, -0.2) is 4.98 Å². The van der Waals surface area contributed by atoms with Gasteiger partial charge in [-0.1, -0.05) is 13.3 Å². The zero-order chi connectivity index (χ0) is 16.7. The predicted molar refractivity (Wildman–Crippen MR) is 93.4 cm³/mol. The lowest BCUT2D eigenvalue weighted by atomic mass is 10.2. The Morgan fingerprint density at radius 1 is 1.22 bits per heavy atom. The Kier molecular flexibility index (Phi) is 5.97. The highest BCUT2D eigenvalue weighted by Gasteiger charge is 2.08. The van der Waals surface area contributed by atoms with Gasteiger partial charge >= 0.3 is 0 Å². The third-order valence-corrected chi connectivity index (χ3v) is 3.63. The number of pyridine rings is 1. The van der Waals surface area contributed by atoms with E-state index in [1.807, 2.05) is 19.2 Å². The monoisotopic (exact) mass is 313 g/mol. The average molecular weight is 313 g/mol. The first-order chi connectivity index (χ1) is 11.1. The van der Waals surface area contributed by atoms with Crippen molar-refractivity contribution >= 4 is 17.4 Å². The van der Waals surface area contributed by atoms with Crippen molar-refractivity contribution in [3.8, 4) is 5.75 Å². The molecule has 0 fully saturated rings. The van der Waals surface area contributed by atoms with E-state index in [4.69, 9.17) is 4.74 Å². The third kappa shape index (κ3) is 4.71. The number of hydrogen-bond donors (Lipinski definition) is 1. The Morgan fingerprint density at radius 2 is 1.96 bits per heavy atom. The van der Waals surface area contributed by atoms with Crippen LogP contribution >= 0.6 is 0 Å². The number of ether oxygens (including phenoxy) is 1. The molecule has 1 aromatic heterocycles. The lowest BCUT2D eigenvalue weighted by molar-refractivity contribution is 0.102. The summed E-state index contributed by atoms with van der Waals surface area (Å²) in [6, 6.07) is 10.7. The number of carbonyl (C=O) groups excluding carboxylic acids is 1. The van der Waals surface area contributed by atoms with Crippen LogP contribution in [0.3, 0.4) is 0 Å². The summed E-state index contributed by atoms with van der Waals surface area (Å²) in [6.45, 7) is 3.17. The third-order valence-electron chi connectivity index (χ3n) is 3.63. The van der Waals surface area contributed by atoms with E-state index in [1.54, 1.807) is 37.6 Å². The topological polar surface area (TPSA) is 54.5 Å². The molecule has 1 aromatic carbocycles. The average Bonchev–Trinajstić information content (AvgIpc) is 2.60. The molecule has 1 N–H and O–H groups in total. The van der Waals surface area contributed by atoms with Gasteiger partial charge in [0.25, 0.3) is 5.91 Å². The normalized spacial score (nSPS) is 10.2. The van der Waals surface area contributed by atoms with Crippen LogP contribution in [0.1, 0.15) is 30.1 Å². The summed E-state index contributed by atoms with van der Waals surface area (Å²) in [5.74, 6) is 1.07. The lowest BCUT2D eigenvalue weighted by Crippen LogP contribution is -2.18. The van der Waals surface area contributed by atoms with Crippen molar-refractivity contribution in [2.45, 2.75) is 19.8 Å². The maximum absolute atomic E-state index is 12.2. The molecular formula is C18H23N3O2. The first-order valence-corrected chi connectivity index (χ1v) is 7.76. The van der Waals surface area contributed by atoms with Crippen LogP contribution in [0.4, 0.5) is 11.5 Å². The molecule has 2 aromatic rings. The maximum atomic E-state index is 12.2. The van der Waals surface area contributed by atoms with Crippen LogP contribution in [0, 0.1) is 0 Å². The van der Waals surface area contributed by atoms with E-state index < -0.39 is 0 Å². The van der Waals surface area contributed by atoms with Gasteiger partial charge in [0.2, 0.25) is 0 Å². The quantitative estimate of drug-likeness (QED) is 0.849. The van der Waals surface area contributed by atoms with Gasteiger partial charge in [0.05, 0.1) is 19.0 Å². The summed E-state index contributed by atoms with van der Waals surface area (Å²) in [5.41, 5.74) is 1.61. The predicted octanol–water partition coefficient (Wildman–Crippen LogP) is 3.58. The van der Waals surface area contributed by atoms with Crippen LogP contribution in [0.15, 0.2) is 42.6 Å². The number of unbranched alkanes of at least 4 members (excludes halogenated alkanes) is 1. The summed E-state index contributed by atoms with van der Waals surface area (Å²) in [5, 5.41) is 2.80. The minimum atomic E-state index is -0.188. The second-order valence-corrected chi connectivity index (χ2v) is 5.36.